The molecule has 1 atom stereocenters. The average Bonchev–Trinajstić information content (AvgIpc) is 2.89. The molecule has 1 unspecified atom stereocenters. The maximum Gasteiger partial charge on any atom is 0.220 e. The number of benzene rings is 1. The van der Waals surface area contributed by atoms with Gasteiger partial charge >= 0.3 is 0 Å². The molecule has 0 spiro atoms. The van der Waals surface area contributed by atoms with Gasteiger partial charge in [0.25, 0.3) is 0 Å². The number of carbonyl (C=O) groups is 1. The summed E-state index contributed by atoms with van der Waals surface area (Å²) in [6.07, 6.45) is 1.86. The number of aliphatic hydroxyl groups excluding tert-OH is 1. The number of aromatic nitrogens is 2. The van der Waals surface area contributed by atoms with Crippen LogP contribution in [0.2, 0.25) is 0 Å². The van der Waals surface area contributed by atoms with E-state index in [0.717, 1.165) is 11.3 Å². The zero-order valence-electron chi connectivity index (χ0n) is 13.8. The Hall–Kier alpha value is -2.41. The minimum atomic E-state index is -0.834. The molecule has 0 fully saturated rings. The fourth-order valence-electron chi connectivity index (χ4n) is 2.14. The van der Waals surface area contributed by atoms with Crippen molar-refractivity contribution in [3.8, 4) is 5.75 Å². The molecule has 7 heteroatoms. The van der Waals surface area contributed by atoms with E-state index in [0.29, 0.717) is 18.6 Å². The Morgan fingerprint density at radius 2 is 2.12 bits per heavy atom. The fourth-order valence-corrected chi connectivity index (χ4v) is 2.14. The number of hydrogen-bond acceptors (Lipinski definition) is 4. The lowest BCUT2D eigenvalue weighted by atomic mass is 10.1. The normalized spacial score (nSPS) is 12.0. The Morgan fingerprint density at radius 1 is 1.42 bits per heavy atom. The fraction of sp³-hybridized carbons (Fsp3) is 0.412. The van der Waals surface area contributed by atoms with E-state index < -0.39 is 6.10 Å². The van der Waals surface area contributed by atoms with Crippen LogP contribution in [0.5, 0.6) is 5.75 Å². The first-order valence-corrected chi connectivity index (χ1v) is 7.76. The van der Waals surface area contributed by atoms with Crippen molar-refractivity contribution < 1.29 is 19.0 Å². The number of halogens is 1. The van der Waals surface area contributed by atoms with Gasteiger partial charge in [0.1, 0.15) is 24.3 Å². The van der Waals surface area contributed by atoms with E-state index in [2.05, 4.69) is 10.4 Å². The largest absolute Gasteiger partial charge is 0.491 e. The van der Waals surface area contributed by atoms with Crippen LogP contribution >= 0.6 is 0 Å². The molecule has 2 rings (SSSR count). The summed E-state index contributed by atoms with van der Waals surface area (Å²) in [5.74, 6) is -0.0214. The van der Waals surface area contributed by atoms with E-state index in [1.54, 1.807) is 10.9 Å². The third-order valence-electron chi connectivity index (χ3n) is 3.75. The SMILES string of the molecule is Cc1c(CCC(=O)NCC(O)COc2ccc(F)cc2)cnn1C. The van der Waals surface area contributed by atoms with Crippen LogP contribution < -0.4 is 10.1 Å². The van der Waals surface area contributed by atoms with Gasteiger partial charge in [-0.2, -0.15) is 5.10 Å². The van der Waals surface area contributed by atoms with Crippen molar-refractivity contribution >= 4 is 5.91 Å². The number of aryl methyl sites for hydroxylation is 2. The summed E-state index contributed by atoms with van der Waals surface area (Å²) in [6.45, 7) is 2.08. The molecule has 0 aliphatic heterocycles. The molecule has 2 N–H and O–H groups in total. The Kier molecular flexibility index (Phi) is 6.31. The highest BCUT2D eigenvalue weighted by atomic mass is 19.1. The Labute approximate surface area is 140 Å². The molecule has 0 bridgehead atoms. The summed E-state index contributed by atoms with van der Waals surface area (Å²) < 4.78 is 19.9. The van der Waals surface area contributed by atoms with Crippen LogP contribution in [-0.4, -0.2) is 40.0 Å². The number of carbonyl (C=O) groups excluding carboxylic acids is 1. The zero-order valence-corrected chi connectivity index (χ0v) is 13.8. The minimum absolute atomic E-state index is 0.0215. The Balaban J connectivity index is 1.65. The zero-order chi connectivity index (χ0) is 17.5. The molecular formula is C17H22FN3O3. The van der Waals surface area contributed by atoms with E-state index >= 15 is 0 Å². The summed E-state index contributed by atoms with van der Waals surface area (Å²) in [5.41, 5.74) is 2.07. The highest BCUT2D eigenvalue weighted by Crippen LogP contribution is 2.11. The van der Waals surface area contributed by atoms with Crippen molar-refractivity contribution in [2.75, 3.05) is 13.2 Å². The summed E-state index contributed by atoms with van der Waals surface area (Å²) >= 11 is 0. The first-order valence-electron chi connectivity index (χ1n) is 7.76. The molecule has 130 valence electrons. The van der Waals surface area contributed by atoms with Crippen LogP contribution in [0.1, 0.15) is 17.7 Å². The maximum atomic E-state index is 12.8. The second-order valence-electron chi connectivity index (χ2n) is 5.60. The molecule has 6 nitrogen and oxygen atoms in total. The van der Waals surface area contributed by atoms with Crippen LogP contribution in [0.4, 0.5) is 4.39 Å². The van der Waals surface area contributed by atoms with Crippen molar-refractivity contribution in [2.45, 2.75) is 25.9 Å². The Bertz CT molecular complexity index is 670. The van der Waals surface area contributed by atoms with Gasteiger partial charge in [-0.1, -0.05) is 0 Å². The molecule has 2 aromatic rings. The quantitative estimate of drug-likeness (QED) is 0.764. The van der Waals surface area contributed by atoms with Gasteiger partial charge < -0.3 is 15.2 Å². The third-order valence-corrected chi connectivity index (χ3v) is 3.75. The molecule has 1 aromatic heterocycles. The predicted molar refractivity (Wildman–Crippen MR) is 87.2 cm³/mol. The molecule has 1 amide bonds. The molecule has 0 saturated heterocycles. The molecule has 0 radical (unpaired) electrons. The first kappa shape index (κ1) is 17.9. The number of amides is 1. The summed E-state index contributed by atoms with van der Waals surface area (Å²) in [4.78, 5) is 11.8. The van der Waals surface area contributed by atoms with Gasteiger partial charge in [-0.15, -0.1) is 0 Å². The van der Waals surface area contributed by atoms with Gasteiger partial charge in [0.2, 0.25) is 5.91 Å². The van der Waals surface area contributed by atoms with Crippen molar-refractivity contribution in [3.05, 3.63) is 47.5 Å². The first-order chi connectivity index (χ1) is 11.5. The van der Waals surface area contributed by atoms with Crippen LogP contribution in [0.3, 0.4) is 0 Å². The summed E-state index contributed by atoms with van der Waals surface area (Å²) in [5, 5.41) is 16.6. The predicted octanol–water partition coefficient (Wildman–Crippen LogP) is 1.36. The number of aliphatic hydroxyl groups is 1. The highest BCUT2D eigenvalue weighted by molar-refractivity contribution is 5.76. The van der Waals surface area contributed by atoms with Crippen LogP contribution in [0.15, 0.2) is 30.5 Å². The van der Waals surface area contributed by atoms with Gasteiger partial charge in [0, 0.05) is 25.7 Å². The summed E-state index contributed by atoms with van der Waals surface area (Å²) in [7, 11) is 1.86. The monoisotopic (exact) mass is 335 g/mol. The average molecular weight is 335 g/mol. The molecule has 0 aliphatic rings. The lowest BCUT2D eigenvalue weighted by Gasteiger charge is -2.13. The van der Waals surface area contributed by atoms with E-state index in [4.69, 9.17) is 4.74 Å². The van der Waals surface area contributed by atoms with Crippen LogP contribution in [0, 0.1) is 12.7 Å². The van der Waals surface area contributed by atoms with E-state index in [1.807, 2.05) is 14.0 Å². The van der Waals surface area contributed by atoms with Crippen molar-refractivity contribution in [3.63, 3.8) is 0 Å². The standard InChI is InChI=1S/C17H22FN3O3/c1-12-13(9-20-21(12)2)3-8-17(23)19-10-15(22)11-24-16-6-4-14(18)5-7-16/h4-7,9,15,22H,3,8,10-11H2,1-2H3,(H,19,23). The molecule has 0 saturated carbocycles. The lowest BCUT2D eigenvalue weighted by Crippen LogP contribution is -2.35. The topological polar surface area (TPSA) is 76.4 Å². The summed E-state index contributed by atoms with van der Waals surface area (Å²) in [6, 6.07) is 5.53. The molecule has 24 heavy (non-hydrogen) atoms. The second-order valence-corrected chi connectivity index (χ2v) is 5.60. The molecule has 1 heterocycles. The van der Waals surface area contributed by atoms with Crippen molar-refractivity contribution in [1.82, 2.24) is 15.1 Å². The van der Waals surface area contributed by atoms with Gasteiger partial charge in [-0.05, 0) is 43.2 Å². The third kappa shape index (κ3) is 5.34. The maximum absolute atomic E-state index is 12.8. The minimum Gasteiger partial charge on any atom is -0.491 e. The van der Waals surface area contributed by atoms with E-state index in [9.17, 15) is 14.3 Å². The molecule has 0 aliphatic carbocycles. The second kappa shape index (κ2) is 8.44. The smallest absolute Gasteiger partial charge is 0.220 e. The van der Waals surface area contributed by atoms with Crippen molar-refractivity contribution in [2.24, 2.45) is 7.05 Å². The van der Waals surface area contributed by atoms with Crippen LogP contribution in [-0.2, 0) is 18.3 Å². The van der Waals surface area contributed by atoms with Gasteiger partial charge in [-0.25, -0.2) is 4.39 Å². The van der Waals surface area contributed by atoms with E-state index in [-0.39, 0.29) is 24.9 Å². The number of nitrogens with one attached hydrogen (secondary N) is 1. The lowest BCUT2D eigenvalue weighted by molar-refractivity contribution is -0.121. The van der Waals surface area contributed by atoms with Crippen molar-refractivity contribution in [1.29, 1.82) is 0 Å². The number of rotatable bonds is 8. The Morgan fingerprint density at radius 3 is 2.75 bits per heavy atom. The molecule has 1 aromatic carbocycles. The van der Waals surface area contributed by atoms with Crippen LogP contribution in [0.25, 0.3) is 0 Å². The number of ether oxygens (including phenoxy) is 1. The van der Waals surface area contributed by atoms with Gasteiger partial charge in [-0.3, -0.25) is 9.48 Å². The van der Waals surface area contributed by atoms with Gasteiger partial charge in [0.05, 0.1) is 6.20 Å². The van der Waals surface area contributed by atoms with Gasteiger partial charge in [0.15, 0.2) is 0 Å². The van der Waals surface area contributed by atoms with E-state index in [1.165, 1.54) is 24.3 Å². The number of nitrogens with zero attached hydrogens (tertiary/aromatic N) is 2. The molecular weight excluding hydrogens is 313 g/mol. The number of hydrogen-bond donors (Lipinski definition) is 2. The highest BCUT2D eigenvalue weighted by Gasteiger charge is 2.10.